The van der Waals surface area contributed by atoms with Gasteiger partial charge in [-0.2, -0.15) is 0 Å². The predicted molar refractivity (Wildman–Crippen MR) is 130 cm³/mol. The fourth-order valence-corrected chi connectivity index (χ4v) is 5.21. The number of carboxylic acid groups (broad SMARTS) is 1. The van der Waals surface area contributed by atoms with Gasteiger partial charge in [-0.25, -0.2) is 4.79 Å². The summed E-state index contributed by atoms with van der Waals surface area (Å²) in [6, 6.07) is 26.3. The molecule has 174 valence electrons. The number of likely N-dealkylation sites (tertiary alicyclic amines) is 1. The fourth-order valence-electron chi connectivity index (χ4n) is 5.21. The minimum absolute atomic E-state index is 0.0971. The number of amides is 1. The molecular weight excluding hydrogens is 428 g/mol. The summed E-state index contributed by atoms with van der Waals surface area (Å²) >= 11 is 0. The molecule has 2 aliphatic rings. The first kappa shape index (κ1) is 22.2. The van der Waals surface area contributed by atoms with Crippen LogP contribution in [0.3, 0.4) is 0 Å². The molecule has 1 N–H and O–H groups in total. The quantitative estimate of drug-likeness (QED) is 0.631. The van der Waals surface area contributed by atoms with Crippen molar-refractivity contribution in [2.45, 2.75) is 31.0 Å². The van der Waals surface area contributed by atoms with E-state index < -0.39 is 17.9 Å². The molecular formula is C28H28N2O4. The molecule has 6 heteroatoms. The summed E-state index contributed by atoms with van der Waals surface area (Å²) in [5, 5.41) is 10.1. The van der Waals surface area contributed by atoms with E-state index in [1.807, 2.05) is 78.9 Å². The second-order valence-electron chi connectivity index (χ2n) is 8.86. The minimum atomic E-state index is -0.963. The van der Waals surface area contributed by atoms with Crippen LogP contribution in [0.25, 0.3) is 0 Å². The third-order valence-corrected chi connectivity index (χ3v) is 6.84. The van der Waals surface area contributed by atoms with E-state index in [1.165, 1.54) is 0 Å². The number of hydrogen-bond donors (Lipinski definition) is 1. The summed E-state index contributed by atoms with van der Waals surface area (Å²) in [5.41, 5.74) is 3.87. The summed E-state index contributed by atoms with van der Waals surface area (Å²) in [4.78, 5) is 30.1. The van der Waals surface area contributed by atoms with Crippen LogP contribution in [0.1, 0.15) is 29.0 Å². The van der Waals surface area contributed by atoms with Crippen LogP contribution in [0.15, 0.2) is 84.9 Å². The molecule has 0 bridgehead atoms. The number of carbonyl (C=O) groups excluding carboxylic acids is 1. The first-order chi connectivity index (χ1) is 16.6. The largest absolute Gasteiger partial charge is 0.480 e. The van der Waals surface area contributed by atoms with Gasteiger partial charge in [-0.05, 0) is 17.2 Å². The molecule has 0 radical (unpaired) electrons. The SMILES string of the molecule is O=C(O)[C@@H]1C[C@H](N2CCOCc3ccccc32)CN1C(=O)C(c1ccccc1)c1ccccc1. The van der Waals surface area contributed by atoms with Crippen molar-refractivity contribution in [3.63, 3.8) is 0 Å². The zero-order chi connectivity index (χ0) is 23.5. The summed E-state index contributed by atoms with van der Waals surface area (Å²) in [6.07, 6.45) is 0.381. The standard InChI is InChI=1S/C28H28N2O4/c31-27(26(20-9-3-1-4-10-20)21-11-5-2-6-12-21)30-18-23(17-25(30)28(32)33)29-15-16-34-19-22-13-7-8-14-24(22)29/h1-14,23,25-26H,15-19H2,(H,32,33)/t23-,25-/m0/s1. The molecule has 3 aromatic rings. The summed E-state index contributed by atoms with van der Waals surface area (Å²) in [5.74, 6) is -1.69. The second-order valence-corrected chi connectivity index (χ2v) is 8.86. The lowest BCUT2D eigenvalue weighted by molar-refractivity contribution is -0.148. The average molecular weight is 457 g/mol. The van der Waals surface area contributed by atoms with Crippen molar-refractivity contribution in [3.8, 4) is 0 Å². The number of fused-ring (bicyclic) bond motifs is 1. The van der Waals surface area contributed by atoms with Crippen LogP contribution in [-0.2, 0) is 20.9 Å². The lowest BCUT2D eigenvalue weighted by Gasteiger charge is -2.31. The van der Waals surface area contributed by atoms with E-state index in [2.05, 4.69) is 11.0 Å². The Morgan fingerprint density at radius 3 is 2.15 bits per heavy atom. The van der Waals surface area contributed by atoms with Gasteiger partial charge < -0.3 is 19.6 Å². The summed E-state index contributed by atoms with van der Waals surface area (Å²) < 4.78 is 5.77. The number of aliphatic carboxylic acids is 1. The molecule has 5 rings (SSSR count). The zero-order valence-corrected chi connectivity index (χ0v) is 18.9. The van der Waals surface area contributed by atoms with Gasteiger partial charge in [-0.3, -0.25) is 4.79 Å². The number of carboxylic acids is 1. The molecule has 0 aliphatic carbocycles. The Morgan fingerprint density at radius 2 is 1.50 bits per heavy atom. The Morgan fingerprint density at radius 1 is 0.882 bits per heavy atom. The highest BCUT2D eigenvalue weighted by Gasteiger charge is 2.44. The van der Waals surface area contributed by atoms with Crippen molar-refractivity contribution in [3.05, 3.63) is 102 Å². The van der Waals surface area contributed by atoms with E-state index in [0.29, 0.717) is 32.7 Å². The van der Waals surface area contributed by atoms with Crippen molar-refractivity contribution in [1.82, 2.24) is 4.90 Å². The molecule has 0 aromatic heterocycles. The number of anilines is 1. The Balaban J connectivity index is 1.49. The molecule has 1 fully saturated rings. The van der Waals surface area contributed by atoms with Crippen LogP contribution < -0.4 is 4.90 Å². The van der Waals surface area contributed by atoms with Gasteiger partial charge in [-0.15, -0.1) is 0 Å². The number of ether oxygens (including phenoxy) is 1. The van der Waals surface area contributed by atoms with E-state index >= 15 is 0 Å². The van der Waals surface area contributed by atoms with E-state index in [-0.39, 0.29) is 11.9 Å². The van der Waals surface area contributed by atoms with Crippen molar-refractivity contribution in [1.29, 1.82) is 0 Å². The van der Waals surface area contributed by atoms with Crippen LogP contribution in [0.4, 0.5) is 5.69 Å². The summed E-state index contributed by atoms with van der Waals surface area (Å²) in [7, 11) is 0. The highest BCUT2D eigenvalue weighted by atomic mass is 16.5. The topological polar surface area (TPSA) is 70.1 Å². The minimum Gasteiger partial charge on any atom is -0.480 e. The van der Waals surface area contributed by atoms with Crippen LogP contribution in [0.2, 0.25) is 0 Å². The van der Waals surface area contributed by atoms with Crippen LogP contribution >= 0.6 is 0 Å². The molecule has 1 amide bonds. The highest BCUT2D eigenvalue weighted by Crippen LogP contribution is 2.34. The molecule has 2 atom stereocenters. The third kappa shape index (κ3) is 4.29. The zero-order valence-electron chi connectivity index (χ0n) is 18.9. The normalized spacial score (nSPS) is 20.1. The number of rotatable bonds is 5. The van der Waals surface area contributed by atoms with Gasteiger partial charge in [0, 0.05) is 36.8 Å². The number of hydrogen-bond acceptors (Lipinski definition) is 4. The van der Waals surface area contributed by atoms with Gasteiger partial charge in [-0.1, -0.05) is 78.9 Å². The average Bonchev–Trinajstić information content (AvgIpc) is 3.21. The van der Waals surface area contributed by atoms with E-state index in [9.17, 15) is 14.7 Å². The van der Waals surface area contributed by atoms with Crippen molar-refractivity contribution < 1.29 is 19.4 Å². The number of para-hydroxylation sites is 1. The lowest BCUT2D eigenvalue weighted by Crippen LogP contribution is -2.44. The Bertz CT molecular complexity index is 1110. The second kappa shape index (κ2) is 9.69. The van der Waals surface area contributed by atoms with Gasteiger partial charge in [0.05, 0.1) is 19.1 Å². The summed E-state index contributed by atoms with van der Waals surface area (Å²) in [6.45, 7) is 2.12. The fraction of sp³-hybridized carbons (Fsp3) is 0.286. The first-order valence-electron chi connectivity index (χ1n) is 11.7. The monoisotopic (exact) mass is 456 g/mol. The maximum atomic E-state index is 14.0. The Labute approximate surface area is 199 Å². The number of benzene rings is 3. The van der Waals surface area contributed by atoms with E-state index in [1.54, 1.807) is 4.90 Å². The number of nitrogens with zero attached hydrogens (tertiary/aromatic N) is 2. The van der Waals surface area contributed by atoms with Gasteiger partial charge in [0.1, 0.15) is 6.04 Å². The molecule has 1 saturated heterocycles. The van der Waals surface area contributed by atoms with Crippen LogP contribution in [-0.4, -0.2) is 53.7 Å². The maximum absolute atomic E-state index is 14.0. The van der Waals surface area contributed by atoms with Gasteiger partial charge in [0.25, 0.3) is 0 Å². The smallest absolute Gasteiger partial charge is 0.326 e. The van der Waals surface area contributed by atoms with E-state index in [4.69, 9.17) is 4.74 Å². The molecule has 2 aliphatic heterocycles. The molecule has 2 heterocycles. The van der Waals surface area contributed by atoms with Gasteiger partial charge in [0.15, 0.2) is 0 Å². The lowest BCUT2D eigenvalue weighted by atomic mass is 9.90. The molecule has 3 aromatic carbocycles. The third-order valence-electron chi connectivity index (χ3n) is 6.84. The predicted octanol–water partition coefficient (Wildman–Crippen LogP) is 3.91. The Hall–Kier alpha value is -3.64. The van der Waals surface area contributed by atoms with Gasteiger partial charge in [0.2, 0.25) is 5.91 Å². The van der Waals surface area contributed by atoms with Crippen LogP contribution in [0.5, 0.6) is 0 Å². The molecule has 34 heavy (non-hydrogen) atoms. The maximum Gasteiger partial charge on any atom is 0.326 e. The molecule has 0 unspecified atom stereocenters. The van der Waals surface area contributed by atoms with Crippen LogP contribution in [0, 0.1) is 0 Å². The van der Waals surface area contributed by atoms with Crippen molar-refractivity contribution in [2.75, 3.05) is 24.6 Å². The molecule has 6 nitrogen and oxygen atoms in total. The van der Waals surface area contributed by atoms with Crippen molar-refractivity contribution >= 4 is 17.6 Å². The number of carbonyl (C=O) groups is 2. The van der Waals surface area contributed by atoms with Gasteiger partial charge >= 0.3 is 5.97 Å². The molecule has 0 spiro atoms. The van der Waals surface area contributed by atoms with E-state index in [0.717, 1.165) is 22.4 Å². The Kier molecular flexibility index (Phi) is 6.32. The highest BCUT2D eigenvalue weighted by molar-refractivity contribution is 5.91. The van der Waals surface area contributed by atoms with Crippen molar-refractivity contribution in [2.24, 2.45) is 0 Å². The molecule has 0 saturated carbocycles. The first-order valence-corrected chi connectivity index (χ1v) is 11.7.